The number of urea groups is 1. The molecule has 296 valence electrons. The number of benzene rings is 1. The van der Waals surface area contributed by atoms with Crippen LogP contribution in [0.25, 0.3) is 21.6 Å². The van der Waals surface area contributed by atoms with Crippen LogP contribution in [0.4, 0.5) is 18.0 Å². The molecule has 0 radical (unpaired) electrons. The maximum atomic E-state index is 14.1. The summed E-state index contributed by atoms with van der Waals surface area (Å²) in [7, 11) is -0.913. The Hall–Kier alpha value is -4.42. The fourth-order valence-electron chi connectivity index (χ4n) is 6.60. The van der Waals surface area contributed by atoms with Gasteiger partial charge < -0.3 is 24.6 Å². The van der Waals surface area contributed by atoms with E-state index < -0.39 is 62.7 Å². The number of carbonyl (C=O) groups excluding carboxylic acids is 3. The number of alkyl halides is 3. The maximum Gasteiger partial charge on any atom is 0.434 e. The molecular formula is C36H40ClF3N6O7S2. The van der Waals surface area contributed by atoms with Crippen LogP contribution in [0.15, 0.2) is 48.9 Å². The van der Waals surface area contributed by atoms with Crippen LogP contribution in [0.1, 0.15) is 50.6 Å². The van der Waals surface area contributed by atoms with Gasteiger partial charge in [0.05, 0.1) is 24.4 Å². The molecule has 4 atom stereocenters. The molecule has 2 saturated carbocycles. The molecule has 0 bridgehead atoms. The average molecular weight is 825 g/mol. The van der Waals surface area contributed by atoms with Crippen LogP contribution in [0.5, 0.6) is 11.5 Å². The van der Waals surface area contributed by atoms with Crippen LogP contribution in [0, 0.1) is 5.92 Å². The van der Waals surface area contributed by atoms with Crippen LogP contribution < -0.4 is 19.5 Å². The standard InChI is InChI=1S/C36H40ClF3N6O7S2/c1-5-7-8-9-14-45(3)32(47)25-15-21(18-46(25)34(49)43-35(17-20(35)6-2)33(48)44-55(50,51)22-10-11-22)53-27-16-24(31-42-28(19-54-31)36(38,39)40)41-30-23(27)12-13-26(52-4)29(30)37/h5-6,12-13,16,19-22,25H,1-2,7-11,14-15,17-18H2,3-4H3,(H,43,49)(H,44,48)/t20-,21+,25+,35-/m1/s1. The fraction of sp³-hybridized carbons (Fsp3) is 0.472. The number of carbonyl (C=O) groups is 3. The number of allylic oxidation sites excluding steroid dienone is 1. The number of ether oxygens (including phenoxy) is 2. The van der Waals surface area contributed by atoms with Crippen LogP contribution >= 0.6 is 22.9 Å². The number of rotatable bonds is 15. The molecule has 2 aromatic heterocycles. The number of thiazole rings is 1. The third-order valence-corrected chi connectivity index (χ3v) is 13.0. The van der Waals surface area contributed by atoms with Crippen molar-refractivity contribution in [2.75, 3.05) is 27.2 Å². The second kappa shape index (κ2) is 15.6. The molecule has 3 aromatic rings. The second-order valence-electron chi connectivity index (χ2n) is 13.8. The van der Waals surface area contributed by atoms with Crippen LogP contribution in [0.2, 0.25) is 5.02 Å². The quantitative estimate of drug-likeness (QED) is 0.140. The Morgan fingerprint density at radius 3 is 2.55 bits per heavy atom. The Balaban J connectivity index is 1.31. The minimum absolute atomic E-state index is 0.00189. The van der Waals surface area contributed by atoms with Crippen LogP contribution in [-0.2, 0) is 25.8 Å². The molecule has 3 fully saturated rings. The molecule has 0 unspecified atom stereocenters. The molecule has 4 amide bonds. The van der Waals surface area contributed by atoms with Crippen molar-refractivity contribution in [3.05, 3.63) is 59.6 Å². The van der Waals surface area contributed by atoms with E-state index in [0.717, 1.165) is 29.6 Å². The normalized spacial score (nSPS) is 22.2. The van der Waals surface area contributed by atoms with Crippen LogP contribution in [0.3, 0.4) is 0 Å². The lowest BCUT2D eigenvalue weighted by Crippen LogP contribution is -2.57. The predicted molar refractivity (Wildman–Crippen MR) is 200 cm³/mol. The lowest BCUT2D eigenvalue weighted by atomic mass is 10.1. The summed E-state index contributed by atoms with van der Waals surface area (Å²) < 4.78 is 79.7. The van der Waals surface area contributed by atoms with E-state index in [1.807, 2.05) is 0 Å². The number of methoxy groups -OCH3 is 1. The van der Waals surface area contributed by atoms with E-state index in [9.17, 15) is 36.0 Å². The molecule has 3 heterocycles. The van der Waals surface area contributed by atoms with Gasteiger partial charge in [0.2, 0.25) is 15.9 Å². The first-order valence-electron chi connectivity index (χ1n) is 17.5. The number of likely N-dealkylation sites (tertiary alicyclic amines) is 1. The van der Waals surface area contributed by atoms with Gasteiger partial charge in [-0.2, -0.15) is 13.2 Å². The van der Waals surface area contributed by atoms with Gasteiger partial charge in [-0.25, -0.2) is 23.2 Å². The Labute approximate surface area is 325 Å². The number of unbranched alkanes of at least 4 members (excludes halogenated alkanes) is 2. The zero-order valence-electron chi connectivity index (χ0n) is 30.0. The summed E-state index contributed by atoms with van der Waals surface area (Å²) in [5, 5.41) is 3.32. The molecule has 3 aliphatic rings. The molecule has 6 rings (SSSR count). The summed E-state index contributed by atoms with van der Waals surface area (Å²) in [6, 6.07) is 2.77. The third-order valence-electron chi connectivity index (χ3n) is 9.94. The Bertz CT molecular complexity index is 2130. The van der Waals surface area contributed by atoms with E-state index in [0.29, 0.717) is 31.2 Å². The maximum absolute atomic E-state index is 14.1. The van der Waals surface area contributed by atoms with E-state index in [4.69, 9.17) is 21.1 Å². The zero-order chi connectivity index (χ0) is 39.9. The van der Waals surface area contributed by atoms with E-state index in [-0.39, 0.29) is 58.0 Å². The number of aromatic nitrogens is 2. The van der Waals surface area contributed by atoms with Gasteiger partial charge in [-0.05, 0) is 50.7 Å². The molecule has 19 heteroatoms. The van der Waals surface area contributed by atoms with Gasteiger partial charge in [-0.15, -0.1) is 24.5 Å². The van der Waals surface area contributed by atoms with E-state index in [1.54, 1.807) is 25.3 Å². The fourth-order valence-corrected chi connectivity index (χ4v) is 9.03. The van der Waals surface area contributed by atoms with Gasteiger partial charge in [0.25, 0.3) is 5.91 Å². The van der Waals surface area contributed by atoms with Gasteiger partial charge in [0.1, 0.15) is 44.9 Å². The van der Waals surface area contributed by atoms with E-state index in [2.05, 4.69) is 33.2 Å². The summed E-state index contributed by atoms with van der Waals surface area (Å²) >= 11 is 7.37. The SMILES string of the molecule is C=CCCCCN(C)C(=O)[C@@H]1C[C@H](Oc2cc(-c3nc(C(F)(F)F)cs3)nc3c(Cl)c(OC)ccc23)CN1C(=O)N[C@]1(C(=O)NS(=O)(=O)C2CC2)C[C@H]1C=C. The Morgan fingerprint density at radius 2 is 1.93 bits per heavy atom. The molecule has 2 aliphatic carbocycles. The lowest BCUT2D eigenvalue weighted by Gasteiger charge is -2.29. The molecule has 55 heavy (non-hydrogen) atoms. The number of amides is 4. The number of nitrogens with zero attached hydrogens (tertiary/aromatic N) is 4. The first kappa shape index (κ1) is 40.2. The van der Waals surface area contributed by atoms with E-state index >= 15 is 0 Å². The van der Waals surface area contributed by atoms with Crippen molar-refractivity contribution in [3.8, 4) is 22.2 Å². The molecule has 1 aliphatic heterocycles. The minimum Gasteiger partial charge on any atom is -0.495 e. The first-order chi connectivity index (χ1) is 26.0. The summed E-state index contributed by atoms with van der Waals surface area (Å²) in [5.74, 6) is -1.42. The van der Waals surface area contributed by atoms with Crippen molar-refractivity contribution in [2.24, 2.45) is 5.92 Å². The van der Waals surface area contributed by atoms with Crippen molar-refractivity contribution < 1.29 is 45.4 Å². The monoisotopic (exact) mass is 824 g/mol. The topological polar surface area (TPSA) is 160 Å². The molecule has 1 saturated heterocycles. The van der Waals surface area contributed by atoms with Crippen molar-refractivity contribution in [2.45, 2.75) is 74.1 Å². The van der Waals surface area contributed by atoms with Crippen LogP contribution in [-0.4, -0.2) is 96.2 Å². The van der Waals surface area contributed by atoms with Crippen molar-refractivity contribution in [1.82, 2.24) is 29.8 Å². The number of hydrogen-bond acceptors (Lipinski definition) is 10. The lowest BCUT2D eigenvalue weighted by molar-refractivity contribution is -0.140. The van der Waals surface area contributed by atoms with Crippen molar-refractivity contribution in [3.63, 3.8) is 0 Å². The number of pyridine rings is 1. The number of nitrogens with one attached hydrogen (secondary N) is 2. The summed E-state index contributed by atoms with van der Waals surface area (Å²) in [5.41, 5.74) is -2.49. The van der Waals surface area contributed by atoms with Gasteiger partial charge in [0, 0.05) is 42.8 Å². The van der Waals surface area contributed by atoms with Gasteiger partial charge in [-0.1, -0.05) is 23.8 Å². The average Bonchev–Trinajstić information content (AvgIpc) is 4.02. The Kier molecular flexibility index (Phi) is 11.4. The Morgan fingerprint density at radius 1 is 1.18 bits per heavy atom. The smallest absolute Gasteiger partial charge is 0.434 e. The number of sulfonamides is 1. The highest BCUT2D eigenvalue weighted by atomic mass is 35.5. The number of hydrogen-bond donors (Lipinski definition) is 2. The molecule has 0 spiro atoms. The van der Waals surface area contributed by atoms with Gasteiger partial charge >= 0.3 is 12.2 Å². The number of halogens is 4. The number of fused-ring (bicyclic) bond motifs is 1. The summed E-state index contributed by atoms with van der Waals surface area (Å²) in [4.78, 5) is 52.6. The van der Waals surface area contributed by atoms with Gasteiger partial charge in [0.15, 0.2) is 5.69 Å². The highest BCUT2D eigenvalue weighted by molar-refractivity contribution is 7.91. The molecular weight excluding hydrogens is 785 g/mol. The summed E-state index contributed by atoms with van der Waals surface area (Å²) in [6.45, 7) is 7.70. The minimum atomic E-state index is -4.68. The molecule has 13 nitrogen and oxygen atoms in total. The highest BCUT2D eigenvalue weighted by Gasteiger charge is 2.62. The van der Waals surface area contributed by atoms with Crippen molar-refractivity contribution in [1.29, 1.82) is 0 Å². The molecule has 2 N–H and O–H groups in total. The second-order valence-corrected chi connectivity index (χ2v) is 17.0. The van der Waals surface area contributed by atoms with Gasteiger partial charge in [-0.3, -0.25) is 14.3 Å². The highest BCUT2D eigenvalue weighted by Crippen LogP contribution is 2.46. The number of likely N-dealkylation sites (N-methyl/N-ethyl adjacent to an activating group) is 1. The predicted octanol–water partition coefficient (Wildman–Crippen LogP) is 5.94. The van der Waals surface area contributed by atoms with Crippen molar-refractivity contribution >= 4 is 61.7 Å². The van der Waals surface area contributed by atoms with E-state index in [1.165, 1.54) is 29.1 Å². The zero-order valence-corrected chi connectivity index (χ0v) is 32.4. The largest absolute Gasteiger partial charge is 0.495 e. The first-order valence-corrected chi connectivity index (χ1v) is 20.3. The molecule has 1 aromatic carbocycles. The third kappa shape index (κ3) is 8.40. The summed E-state index contributed by atoms with van der Waals surface area (Å²) in [6.07, 6.45) is 0.914.